The fourth-order valence-electron chi connectivity index (χ4n) is 4.06. The molecule has 0 bridgehead atoms. The minimum Gasteiger partial charge on any atom is -0.496 e. The molecule has 0 aliphatic carbocycles. The zero-order valence-corrected chi connectivity index (χ0v) is 17.8. The Bertz CT molecular complexity index is 1210. The average molecular weight is 436 g/mol. The van der Waals surface area contributed by atoms with Crippen LogP contribution in [0.1, 0.15) is 24.2 Å². The zero-order chi connectivity index (χ0) is 21.4. The molecule has 7 nitrogen and oxygen atoms in total. The Hall–Kier alpha value is -3.10. The van der Waals surface area contributed by atoms with Gasteiger partial charge < -0.3 is 9.15 Å². The summed E-state index contributed by atoms with van der Waals surface area (Å²) in [6, 6.07) is 8.03. The number of hydrogen-bond acceptors (Lipinski definition) is 7. The Morgan fingerprint density at radius 3 is 2.77 bits per heavy atom. The van der Waals surface area contributed by atoms with Gasteiger partial charge in [0.2, 0.25) is 0 Å². The SMILES string of the molecule is COc1ccc(CN2CCCC2)cc1-c1cncc2cc(/C=C3/SC(=O)NC3=O)oc12. The normalized spacial score (nSPS) is 18.3. The number of aromatic nitrogens is 1. The number of likely N-dealkylation sites (tertiary alicyclic amines) is 1. The van der Waals surface area contributed by atoms with Gasteiger partial charge in [0.15, 0.2) is 0 Å². The predicted molar refractivity (Wildman–Crippen MR) is 120 cm³/mol. The second kappa shape index (κ2) is 8.20. The van der Waals surface area contributed by atoms with Crippen LogP contribution < -0.4 is 10.1 Å². The third kappa shape index (κ3) is 3.96. The fourth-order valence-corrected chi connectivity index (χ4v) is 4.72. The summed E-state index contributed by atoms with van der Waals surface area (Å²) in [6.07, 6.45) is 7.56. The monoisotopic (exact) mass is 435 g/mol. The van der Waals surface area contributed by atoms with Crippen molar-refractivity contribution in [2.24, 2.45) is 0 Å². The standard InChI is InChI=1S/C23H21N3O4S/c1-29-19-5-4-14(13-26-6-2-3-7-26)8-17(19)18-12-24-11-15-9-16(30-21(15)18)10-20-22(27)25-23(28)31-20/h4-5,8-12H,2-3,6-7,13H2,1H3,(H,25,27,28)/b20-10+. The van der Waals surface area contributed by atoms with E-state index in [1.54, 1.807) is 25.6 Å². The van der Waals surface area contributed by atoms with Crippen LogP contribution in [0.25, 0.3) is 28.2 Å². The quantitative estimate of drug-likeness (QED) is 0.594. The van der Waals surface area contributed by atoms with E-state index in [-0.39, 0.29) is 5.24 Å². The van der Waals surface area contributed by atoms with Crippen LogP contribution in [-0.4, -0.2) is 41.2 Å². The van der Waals surface area contributed by atoms with E-state index in [1.807, 2.05) is 12.1 Å². The number of furan rings is 1. The Labute approximate surface area is 183 Å². The lowest BCUT2D eigenvalue weighted by Crippen LogP contribution is -2.18. The van der Waals surface area contributed by atoms with E-state index in [2.05, 4.69) is 27.3 Å². The van der Waals surface area contributed by atoms with Gasteiger partial charge in [-0.15, -0.1) is 0 Å². The molecule has 31 heavy (non-hydrogen) atoms. The Balaban J connectivity index is 1.55. The molecule has 2 amide bonds. The number of pyridine rings is 1. The van der Waals surface area contributed by atoms with Gasteiger partial charge in [-0.2, -0.15) is 0 Å². The molecule has 0 spiro atoms. The van der Waals surface area contributed by atoms with Crippen LogP contribution in [0.2, 0.25) is 0 Å². The van der Waals surface area contributed by atoms with Crippen LogP contribution in [-0.2, 0) is 11.3 Å². The summed E-state index contributed by atoms with van der Waals surface area (Å²) in [5.74, 6) is 0.820. The summed E-state index contributed by atoms with van der Waals surface area (Å²) >= 11 is 0.863. The molecule has 2 aliphatic heterocycles. The lowest BCUT2D eigenvalue weighted by atomic mass is 10.0. The number of imide groups is 1. The second-order valence-corrected chi connectivity index (χ2v) is 8.64. The van der Waals surface area contributed by atoms with E-state index in [4.69, 9.17) is 9.15 Å². The van der Waals surface area contributed by atoms with Gasteiger partial charge in [0.1, 0.15) is 17.1 Å². The number of thioether (sulfide) groups is 1. The molecule has 2 fully saturated rings. The number of methoxy groups -OCH3 is 1. The Kier molecular flexibility index (Phi) is 5.25. The lowest BCUT2D eigenvalue weighted by Gasteiger charge is -2.16. The van der Waals surface area contributed by atoms with Gasteiger partial charge in [-0.05, 0) is 61.5 Å². The minimum absolute atomic E-state index is 0.309. The van der Waals surface area contributed by atoms with Gasteiger partial charge in [-0.3, -0.25) is 24.8 Å². The number of amides is 2. The average Bonchev–Trinajstić information content (AvgIpc) is 3.48. The van der Waals surface area contributed by atoms with E-state index in [1.165, 1.54) is 18.4 Å². The fraction of sp³-hybridized carbons (Fsp3) is 0.261. The van der Waals surface area contributed by atoms with Gasteiger partial charge in [0.25, 0.3) is 11.1 Å². The summed E-state index contributed by atoms with van der Waals surface area (Å²) in [5.41, 5.74) is 3.60. The van der Waals surface area contributed by atoms with Crippen molar-refractivity contribution in [2.45, 2.75) is 19.4 Å². The smallest absolute Gasteiger partial charge is 0.290 e. The molecule has 8 heteroatoms. The number of benzene rings is 1. The van der Waals surface area contributed by atoms with Crippen molar-refractivity contribution in [3.63, 3.8) is 0 Å². The summed E-state index contributed by atoms with van der Waals surface area (Å²) in [6.45, 7) is 3.15. The number of rotatable bonds is 5. The molecule has 4 heterocycles. The highest BCUT2D eigenvalue weighted by Gasteiger charge is 2.26. The first kappa shape index (κ1) is 19.8. The summed E-state index contributed by atoms with van der Waals surface area (Å²) in [7, 11) is 1.65. The minimum atomic E-state index is -0.412. The first-order valence-corrected chi connectivity index (χ1v) is 10.9. The predicted octanol–water partition coefficient (Wildman–Crippen LogP) is 4.42. The highest BCUT2D eigenvalue weighted by molar-refractivity contribution is 8.18. The van der Waals surface area contributed by atoms with Crippen molar-refractivity contribution < 1.29 is 18.7 Å². The van der Waals surface area contributed by atoms with Crippen LogP contribution >= 0.6 is 11.8 Å². The van der Waals surface area contributed by atoms with Crippen LogP contribution in [0.15, 0.2) is 46.0 Å². The summed E-state index contributed by atoms with van der Waals surface area (Å²) in [4.78, 5) is 30.4. The number of ether oxygens (including phenoxy) is 1. The third-order valence-electron chi connectivity index (χ3n) is 5.52. The molecule has 3 aromatic rings. The topological polar surface area (TPSA) is 84.7 Å². The maximum atomic E-state index is 11.9. The molecule has 0 atom stereocenters. The molecule has 2 aliphatic rings. The molecule has 5 rings (SSSR count). The van der Waals surface area contributed by atoms with Crippen LogP contribution in [0, 0.1) is 0 Å². The van der Waals surface area contributed by atoms with Crippen molar-refractivity contribution in [1.29, 1.82) is 0 Å². The van der Waals surface area contributed by atoms with E-state index in [0.29, 0.717) is 16.2 Å². The first-order chi connectivity index (χ1) is 15.1. The van der Waals surface area contributed by atoms with E-state index in [9.17, 15) is 9.59 Å². The molecule has 1 N–H and O–H groups in total. The molecule has 0 saturated carbocycles. The molecule has 0 unspecified atom stereocenters. The molecule has 2 aromatic heterocycles. The molecule has 158 valence electrons. The van der Waals surface area contributed by atoms with Gasteiger partial charge >= 0.3 is 0 Å². The third-order valence-corrected chi connectivity index (χ3v) is 6.33. The molecule has 1 aromatic carbocycles. The van der Waals surface area contributed by atoms with E-state index in [0.717, 1.165) is 53.7 Å². The number of fused-ring (bicyclic) bond motifs is 1. The van der Waals surface area contributed by atoms with E-state index >= 15 is 0 Å². The molecular weight excluding hydrogens is 414 g/mol. The van der Waals surface area contributed by atoms with Crippen LogP contribution in [0.4, 0.5) is 4.79 Å². The van der Waals surface area contributed by atoms with Gasteiger partial charge in [-0.1, -0.05) is 6.07 Å². The number of nitrogens with zero attached hydrogens (tertiary/aromatic N) is 2. The number of carbonyl (C=O) groups is 2. The maximum absolute atomic E-state index is 11.9. The van der Waals surface area contributed by atoms with Crippen LogP contribution in [0.3, 0.4) is 0 Å². The number of nitrogens with one attached hydrogen (secondary N) is 1. The maximum Gasteiger partial charge on any atom is 0.290 e. The highest BCUT2D eigenvalue weighted by Crippen LogP contribution is 2.37. The zero-order valence-electron chi connectivity index (χ0n) is 17.0. The Morgan fingerprint density at radius 2 is 2.03 bits per heavy atom. The largest absolute Gasteiger partial charge is 0.496 e. The highest BCUT2D eigenvalue weighted by atomic mass is 32.2. The lowest BCUT2D eigenvalue weighted by molar-refractivity contribution is -0.115. The molecular formula is C23H21N3O4S. The number of hydrogen-bond donors (Lipinski definition) is 1. The summed E-state index contributed by atoms with van der Waals surface area (Å²) in [5, 5.41) is 2.68. The van der Waals surface area contributed by atoms with Crippen molar-refractivity contribution in [1.82, 2.24) is 15.2 Å². The van der Waals surface area contributed by atoms with Crippen molar-refractivity contribution in [3.05, 3.63) is 52.9 Å². The first-order valence-electron chi connectivity index (χ1n) is 10.1. The van der Waals surface area contributed by atoms with Crippen molar-refractivity contribution >= 4 is 40.0 Å². The summed E-state index contributed by atoms with van der Waals surface area (Å²) < 4.78 is 11.7. The van der Waals surface area contributed by atoms with Crippen molar-refractivity contribution in [3.8, 4) is 16.9 Å². The second-order valence-electron chi connectivity index (χ2n) is 7.62. The molecule has 0 radical (unpaired) electrons. The Morgan fingerprint density at radius 1 is 1.19 bits per heavy atom. The van der Waals surface area contributed by atoms with Gasteiger partial charge in [-0.25, -0.2) is 0 Å². The van der Waals surface area contributed by atoms with Gasteiger partial charge in [0.05, 0.1) is 12.0 Å². The van der Waals surface area contributed by atoms with E-state index < -0.39 is 5.91 Å². The van der Waals surface area contributed by atoms with Crippen LogP contribution in [0.5, 0.6) is 5.75 Å². The van der Waals surface area contributed by atoms with Crippen molar-refractivity contribution in [2.75, 3.05) is 20.2 Å². The molecule has 2 saturated heterocycles. The van der Waals surface area contributed by atoms with Gasteiger partial charge in [0, 0.05) is 41.5 Å². The number of carbonyl (C=O) groups excluding carboxylic acids is 2.